The highest BCUT2D eigenvalue weighted by atomic mass is 19.1. The zero-order valence-corrected chi connectivity index (χ0v) is 7.47. The van der Waals surface area contributed by atoms with Gasteiger partial charge in [0, 0.05) is 0 Å². The summed E-state index contributed by atoms with van der Waals surface area (Å²) in [5, 5.41) is 0. The van der Waals surface area contributed by atoms with Gasteiger partial charge in [-0.2, -0.15) is 0 Å². The highest BCUT2D eigenvalue weighted by Gasteiger charge is 2.02. The molecule has 0 aromatic heterocycles. The molecule has 12 heavy (non-hydrogen) atoms. The van der Waals surface area contributed by atoms with Gasteiger partial charge in [0.05, 0.1) is 0 Å². The van der Waals surface area contributed by atoms with Crippen molar-refractivity contribution in [3.05, 3.63) is 47.8 Å². The fraction of sp³-hybridized carbons (Fsp3) is 0.273. The van der Waals surface area contributed by atoms with Crippen LogP contribution in [0.2, 0.25) is 0 Å². The second-order valence-electron chi connectivity index (χ2n) is 3.03. The average Bonchev–Trinajstić information content (AvgIpc) is 2.08. The monoisotopic (exact) mass is 164 g/mol. The van der Waals surface area contributed by atoms with Crippen molar-refractivity contribution in [1.29, 1.82) is 0 Å². The van der Waals surface area contributed by atoms with E-state index in [0.29, 0.717) is 11.5 Å². The molecule has 1 rings (SSSR count). The van der Waals surface area contributed by atoms with Gasteiger partial charge in [-0.1, -0.05) is 25.1 Å². The second-order valence-corrected chi connectivity index (χ2v) is 3.03. The van der Waals surface area contributed by atoms with Crippen LogP contribution in [-0.4, -0.2) is 0 Å². The largest absolute Gasteiger partial charge is 0.207 e. The number of halogens is 1. The Labute approximate surface area is 72.7 Å². The van der Waals surface area contributed by atoms with Gasteiger partial charge < -0.3 is 0 Å². The fourth-order valence-electron chi connectivity index (χ4n) is 1.09. The molecule has 0 radical (unpaired) electrons. The Morgan fingerprint density at radius 2 is 2.17 bits per heavy atom. The number of benzene rings is 1. The van der Waals surface area contributed by atoms with Crippen molar-refractivity contribution in [3.63, 3.8) is 0 Å². The number of allylic oxidation sites excluding steroid dienone is 1. The molecule has 1 aromatic carbocycles. The van der Waals surface area contributed by atoms with Gasteiger partial charge in [-0.3, -0.25) is 0 Å². The molecule has 0 amide bonds. The maximum absolute atomic E-state index is 12.8. The summed E-state index contributed by atoms with van der Waals surface area (Å²) in [5.74, 6) is 0.152. The van der Waals surface area contributed by atoms with Gasteiger partial charge in [0.1, 0.15) is 5.82 Å². The van der Waals surface area contributed by atoms with Crippen LogP contribution in [-0.2, 0) is 0 Å². The summed E-state index contributed by atoms with van der Waals surface area (Å²) < 4.78 is 12.8. The lowest BCUT2D eigenvalue weighted by atomic mass is 9.99. The summed E-state index contributed by atoms with van der Waals surface area (Å²) in [7, 11) is 0. The summed E-state index contributed by atoms with van der Waals surface area (Å²) in [6.45, 7) is 7.51. The molecule has 0 aliphatic rings. The van der Waals surface area contributed by atoms with Crippen LogP contribution in [0.15, 0.2) is 30.9 Å². The van der Waals surface area contributed by atoms with Gasteiger partial charge in [-0.25, -0.2) is 4.39 Å². The third kappa shape index (κ3) is 1.73. The SMILES string of the molecule is C=CC(C)c1ccc(F)c(C)c1. The van der Waals surface area contributed by atoms with Crippen molar-refractivity contribution in [2.45, 2.75) is 19.8 Å². The van der Waals surface area contributed by atoms with E-state index in [-0.39, 0.29) is 5.82 Å². The molecule has 0 aliphatic carbocycles. The van der Waals surface area contributed by atoms with Gasteiger partial charge in [0.2, 0.25) is 0 Å². The lowest BCUT2D eigenvalue weighted by molar-refractivity contribution is 0.617. The minimum absolute atomic E-state index is 0.144. The van der Waals surface area contributed by atoms with Gasteiger partial charge in [-0.15, -0.1) is 6.58 Å². The molecule has 0 saturated carbocycles. The van der Waals surface area contributed by atoms with Crippen LogP contribution in [0.1, 0.15) is 24.0 Å². The number of rotatable bonds is 2. The van der Waals surface area contributed by atoms with Gasteiger partial charge in [0.15, 0.2) is 0 Å². The highest BCUT2D eigenvalue weighted by Crippen LogP contribution is 2.18. The minimum atomic E-state index is -0.144. The molecule has 64 valence electrons. The maximum Gasteiger partial charge on any atom is 0.126 e. The second kappa shape index (κ2) is 3.53. The smallest absolute Gasteiger partial charge is 0.126 e. The van der Waals surface area contributed by atoms with Crippen LogP contribution < -0.4 is 0 Å². The summed E-state index contributed by atoms with van der Waals surface area (Å²) in [4.78, 5) is 0. The zero-order chi connectivity index (χ0) is 9.14. The molecular formula is C11H13F. The van der Waals surface area contributed by atoms with Gasteiger partial charge in [-0.05, 0) is 30.0 Å². The van der Waals surface area contributed by atoms with E-state index in [2.05, 4.69) is 6.58 Å². The fourth-order valence-corrected chi connectivity index (χ4v) is 1.09. The first kappa shape index (κ1) is 8.98. The predicted molar refractivity (Wildman–Crippen MR) is 49.7 cm³/mol. The Morgan fingerprint density at radius 3 is 2.67 bits per heavy atom. The molecular weight excluding hydrogens is 151 g/mol. The molecule has 0 N–H and O–H groups in total. The van der Waals surface area contributed by atoms with Crippen molar-refractivity contribution in [2.24, 2.45) is 0 Å². The van der Waals surface area contributed by atoms with E-state index in [0.717, 1.165) is 5.56 Å². The molecule has 0 fully saturated rings. The molecule has 0 aliphatic heterocycles. The Hall–Kier alpha value is -1.11. The van der Waals surface area contributed by atoms with E-state index in [4.69, 9.17) is 0 Å². The molecule has 1 unspecified atom stereocenters. The van der Waals surface area contributed by atoms with E-state index in [1.165, 1.54) is 6.07 Å². The Morgan fingerprint density at radius 1 is 1.50 bits per heavy atom. The van der Waals surface area contributed by atoms with E-state index in [1.807, 2.05) is 19.1 Å². The quantitative estimate of drug-likeness (QED) is 0.587. The van der Waals surface area contributed by atoms with Crippen molar-refractivity contribution < 1.29 is 4.39 Å². The van der Waals surface area contributed by atoms with Crippen molar-refractivity contribution in [3.8, 4) is 0 Å². The molecule has 0 heterocycles. The summed E-state index contributed by atoms with van der Waals surface area (Å²) >= 11 is 0. The van der Waals surface area contributed by atoms with Gasteiger partial charge >= 0.3 is 0 Å². The van der Waals surface area contributed by atoms with E-state index >= 15 is 0 Å². The van der Waals surface area contributed by atoms with E-state index < -0.39 is 0 Å². The summed E-state index contributed by atoms with van der Waals surface area (Å²) in [5.41, 5.74) is 1.81. The zero-order valence-electron chi connectivity index (χ0n) is 7.47. The standard InChI is InChI=1S/C11H13F/c1-4-8(2)10-5-6-11(12)9(3)7-10/h4-8H,1H2,2-3H3. The van der Waals surface area contributed by atoms with E-state index in [1.54, 1.807) is 13.0 Å². The lowest BCUT2D eigenvalue weighted by Gasteiger charge is -2.07. The molecule has 0 nitrogen and oxygen atoms in total. The molecule has 1 heteroatoms. The third-order valence-electron chi connectivity index (χ3n) is 2.06. The van der Waals surface area contributed by atoms with Crippen LogP contribution in [0, 0.1) is 12.7 Å². The number of aryl methyl sites for hydroxylation is 1. The Bertz CT molecular complexity index is 289. The maximum atomic E-state index is 12.8. The van der Waals surface area contributed by atoms with Crippen LogP contribution in [0.25, 0.3) is 0 Å². The normalized spacial score (nSPS) is 12.6. The van der Waals surface area contributed by atoms with Crippen LogP contribution in [0.5, 0.6) is 0 Å². The first-order chi connectivity index (χ1) is 5.65. The lowest BCUT2D eigenvalue weighted by Crippen LogP contribution is -1.91. The highest BCUT2D eigenvalue weighted by molar-refractivity contribution is 5.28. The Kier molecular flexibility index (Phi) is 2.64. The Balaban J connectivity index is 3.04. The molecule has 0 bridgehead atoms. The van der Waals surface area contributed by atoms with Gasteiger partial charge in [0.25, 0.3) is 0 Å². The first-order valence-electron chi connectivity index (χ1n) is 4.03. The number of hydrogen-bond donors (Lipinski definition) is 0. The van der Waals surface area contributed by atoms with Crippen LogP contribution in [0.3, 0.4) is 0 Å². The summed E-state index contributed by atoms with van der Waals surface area (Å²) in [6, 6.07) is 5.17. The minimum Gasteiger partial charge on any atom is -0.207 e. The summed E-state index contributed by atoms with van der Waals surface area (Å²) in [6.07, 6.45) is 1.85. The third-order valence-corrected chi connectivity index (χ3v) is 2.06. The van der Waals surface area contributed by atoms with Crippen molar-refractivity contribution >= 4 is 0 Å². The van der Waals surface area contributed by atoms with Crippen LogP contribution >= 0.6 is 0 Å². The molecule has 0 spiro atoms. The molecule has 1 atom stereocenters. The average molecular weight is 164 g/mol. The van der Waals surface area contributed by atoms with Crippen molar-refractivity contribution in [1.82, 2.24) is 0 Å². The predicted octanol–water partition coefficient (Wildman–Crippen LogP) is 3.42. The van der Waals surface area contributed by atoms with Crippen LogP contribution in [0.4, 0.5) is 4.39 Å². The van der Waals surface area contributed by atoms with Crippen molar-refractivity contribution in [2.75, 3.05) is 0 Å². The molecule has 0 saturated heterocycles. The van der Waals surface area contributed by atoms with E-state index in [9.17, 15) is 4.39 Å². The topological polar surface area (TPSA) is 0 Å². The number of hydrogen-bond acceptors (Lipinski definition) is 0. The first-order valence-corrected chi connectivity index (χ1v) is 4.03. The molecule has 1 aromatic rings.